The lowest BCUT2D eigenvalue weighted by atomic mass is 10.1. The standard InChI is InChI=1S/C21H19N3OS/c1-15-6-2-4-8-17(15)18-10-11-20(23-22-18)26-14-21(25)24-13-12-16-7-3-5-9-19(16)24/h2-11H,12-14H2,1H3. The summed E-state index contributed by atoms with van der Waals surface area (Å²) in [5.74, 6) is 0.483. The Labute approximate surface area is 157 Å². The van der Waals surface area contributed by atoms with Crippen LogP contribution in [0.5, 0.6) is 0 Å². The number of fused-ring (bicyclic) bond motifs is 1. The number of thioether (sulfide) groups is 1. The highest BCUT2D eigenvalue weighted by Crippen LogP contribution is 2.29. The van der Waals surface area contributed by atoms with E-state index in [1.165, 1.54) is 22.9 Å². The van der Waals surface area contributed by atoms with Crippen molar-refractivity contribution in [3.05, 3.63) is 71.8 Å². The molecular weight excluding hydrogens is 342 g/mol. The first-order chi connectivity index (χ1) is 12.7. The molecule has 0 saturated heterocycles. The van der Waals surface area contributed by atoms with Crippen molar-refractivity contribution in [1.82, 2.24) is 10.2 Å². The van der Waals surface area contributed by atoms with Crippen LogP contribution in [0.4, 0.5) is 5.69 Å². The molecule has 0 saturated carbocycles. The van der Waals surface area contributed by atoms with Gasteiger partial charge in [0, 0.05) is 17.8 Å². The number of amides is 1. The largest absolute Gasteiger partial charge is 0.311 e. The van der Waals surface area contributed by atoms with Gasteiger partial charge in [-0.2, -0.15) is 0 Å². The summed E-state index contributed by atoms with van der Waals surface area (Å²) in [6.07, 6.45) is 0.928. The Balaban J connectivity index is 1.41. The second-order valence-corrected chi connectivity index (χ2v) is 7.28. The predicted molar refractivity (Wildman–Crippen MR) is 105 cm³/mol. The van der Waals surface area contributed by atoms with E-state index in [2.05, 4.69) is 29.3 Å². The molecule has 0 unspecified atom stereocenters. The molecule has 0 bridgehead atoms. The minimum Gasteiger partial charge on any atom is -0.311 e. The van der Waals surface area contributed by atoms with E-state index >= 15 is 0 Å². The first-order valence-electron chi connectivity index (χ1n) is 8.63. The number of aryl methyl sites for hydroxylation is 1. The van der Waals surface area contributed by atoms with Gasteiger partial charge in [-0.3, -0.25) is 4.79 Å². The van der Waals surface area contributed by atoms with E-state index in [-0.39, 0.29) is 5.91 Å². The van der Waals surface area contributed by atoms with Gasteiger partial charge in [0.1, 0.15) is 5.03 Å². The zero-order chi connectivity index (χ0) is 17.9. The summed E-state index contributed by atoms with van der Waals surface area (Å²) in [7, 11) is 0. The van der Waals surface area contributed by atoms with Crippen molar-refractivity contribution in [2.75, 3.05) is 17.2 Å². The highest BCUT2D eigenvalue weighted by molar-refractivity contribution is 7.99. The second kappa shape index (κ2) is 7.30. The number of hydrogen-bond donors (Lipinski definition) is 0. The van der Waals surface area contributed by atoms with Crippen molar-refractivity contribution < 1.29 is 4.79 Å². The van der Waals surface area contributed by atoms with Gasteiger partial charge in [-0.25, -0.2) is 0 Å². The summed E-state index contributed by atoms with van der Waals surface area (Å²) in [5, 5.41) is 9.37. The number of rotatable bonds is 4. The smallest absolute Gasteiger partial charge is 0.237 e. The van der Waals surface area contributed by atoms with Crippen LogP contribution in [0.3, 0.4) is 0 Å². The molecule has 4 nitrogen and oxygen atoms in total. The summed E-state index contributed by atoms with van der Waals surface area (Å²) in [6.45, 7) is 2.82. The minimum absolute atomic E-state index is 0.115. The molecular formula is C21H19N3OS. The van der Waals surface area contributed by atoms with Gasteiger partial charge in [0.15, 0.2) is 0 Å². The molecule has 1 aliphatic rings. The number of benzene rings is 2. The number of para-hydroxylation sites is 1. The Morgan fingerprint density at radius 2 is 1.85 bits per heavy atom. The van der Waals surface area contributed by atoms with Crippen LogP contribution < -0.4 is 4.90 Å². The number of carbonyl (C=O) groups excluding carboxylic acids is 1. The summed E-state index contributed by atoms with van der Waals surface area (Å²) < 4.78 is 0. The lowest BCUT2D eigenvalue weighted by Gasteiger charge is -2.16. The zero-order valence-electron chi connectivity index (χ0n) is 14.6. The van der Waals surface area contributed by atoms with Gasteiger partial charge in [-0.05, 0) is 42.7 Å². The topological polar surface area (TPSA) is 46.1 Å². The summed E-state index contributed by atoms with van der Waals surface area (Å²) in [4.78, 5) is 14.4. The maximum absolute atomic E-state index is 12.6. The fraction of sp³-hybridized carbons (Fsp3) is 0.190. The SMILES string of the molecule is Cc1ccccc1-c1ccc(SCC(=O)N2CCc3ccccc32)nn1. The average Bonchev–Trinajstić information content (AvgIpc) is 3.11. The fourth-order valence-corrected chi connectivity index (χ4v) is 3.90. The Morgan fingerprint density at radius 3 is 2.65 bits per heavy atom. The molecule has 2 heterocycles. The van der Waals surface area contributed by atoms with E-state index in [1.54, 1.807) is 0 Å². The van der Waals surface area contributed by atoms with E-state index in [1.807, 2.05) is 53.4 Å². The van der Waals surface area contributed by atoms with E-state index in [0.29, 0.717) is 5.75 Å². The molecule has 0 N–H and O–H groups in total. The van der Waals surface area contributed by atoms with Crippen molar-refractivity contribution in [2.45, 2.75) is 18.4 Å². The van der Waals surface area contributed by atoms with Crippen LogP contribution in [0.15, 0.2) is 65.7 Å². The van der Waals surface area contributed by atoms with Crippen LogP contribution in [0.25, 0.3) is 11.3 Å². The fourth-order valence-electron chi connectivity index (χ4n) is 3.21. The third-order valence-corrected chi connectivity index (χ3v) is 5.50. The van der Waals surface area contributed by atoms with Crippen molar-refractivity contribution >= 4 is 23.4 Å². The van der Waals surface area contributed by atoms with Crippen molar-refractivity contribution in [1.29, 1.82) is 0 Å². The summed E-state index contributed by atoms with van der Waals surface area (Å²) in [5.41, 5.74) is 5.39. The minimum atomic E-state index is 0.115. The van der Waals surface area contributed by atoms with Crippen molar-refractivity contribution in [3.8, 4) is 11.3 Å². The Morgan fingerprint density at radius 1 is 1.04 bits per heavy atom. The normalized spacial score (nSPS) is 12.9. The van der Waals surface area contributed by atoms with Gasteiger partial charge in [0.05, 0.1) is 11.4 Å². The Kier molecular flexibility index (Phi) is 4.71. The van der Waals surface area contributed by atoms with Crippen molar-refractivity contribution in [2.24, 2.45) is 0 Å². The molecule has 1 aliphatic heterocycles. The molecule has 0 radical (unpaired) electrons. The molecule has 1 aromatic heterocycles. The van der Waals surface area contributed by atoms with Crippen LogP contribution in [-0.4, -0.2) is 28.4 Å². The van der Waals surface area contributed by atoms with Gasteiger partial charge in [0.25, 0.3) is 0 Å². The van der Waals surface area contributed by atoms with Crippen LogP contribution in [0.2, 0.25) is 0 Å². The van der Waals surface area contributed by atoms with Crippen LogP contribution in [0, 0.1) is 6.92 Å². The first-order valence-corrected chi connectivity index (χ1v) is 9.62. The third kappa shape index (κ3) is 3.35. The number of aromatic nitrogens is 2. The molecule has 130 valence electrons. The summed E-state index contributed by atoms with van der Waals surface area (Å²) in [6, 6.07) is 20.1. The maximum atomic E-state index is 12.6. The monoisotopic (exact) mass is 361 g/mol. The number of carbonyl (C=O) groups is 1. The van der Waals surface area contributed by atoms with Crippen LogP contribution in [0.1, 0.15) is 11.1 Å². The van der Waals surface area contributed by atoms with Gasteiger partial charge in [-0.15, -0.1) is 10.2 Å². The molecule has 0 aliphatic carbocycles. The molecule has 0 atom stereocenters. The molecule has 0 spiro atoms. The van der Waals surface area contributed by atoms with E-state index in [0.717, 1.165) is 34.9 Å². The Bertz CT molecular complexity index is 940. The first kappa shape index (κ1) is 16.8. The molecule has 3 aromatic rings. The van der Waals surface area contributed by atoms with E-state index < -0.39 is 0 Å². The number of hydrogen-bond acceptors (Lipinski definition) is 4. The molecule has 5 heteroatoms. The van der Waals surface area contributed by atoms with Crippen LogP contribution >= 0.6 is 11.8 Å². The second-order valence-electron chi connectivity index (χ2n) is 6.28. The molecule has 26 heavy (non-hydrogen) atoms. The quantitative estimate of drug-likeness (QED) is 0.656. The van der Waals surface area contributed by atoms with Gasteiger partial charge in [0.2, 0.25) is 5.91 Å². The third-order valence-electron chi connectivity index (χ3n) is 4.59. The highest BCUT2D eigenvalue weighted by atomic mass is 32.2. The Hall–Kier alpha value is -2.66. The average molecular weight is 361 g/mol. The predicted octanol–water partition coefficient (Wildman–Crippen LogP) is 4.13. The van der Waals surface area contributed by atoms with Crippen molar-refractivity contribution in [3.63, 3.8) is 0 Å². The van der Waals surface area contributed by atoms with Gasteiger partial charge >= 0.3 is 0 Å². The number of anilines is 1. The lowest BCUT2D eigenvalue weighted by molar-refractivity contribution is -0.116. The lowest BCUT2D eigenvalue weighted by Crippen LogP contribution is -2.30. The molecule has 2 aromatic carbocycles. The maximum Gasteiger partial charge on any atom is 0.237 e. The number of nitrogens with zero attached hydrogens (tertiary/aromatic N) is 3. The highest BCUT2D eigenvalue weighted by Gasteiger charge is 2.24. The van der Waals surface area contributed by atoms with Gasteiger partial charge in [-0.1, -0.05) is 54.2 Å². The molecule has 1 amide bonds. The zero-order valence-corrected chi connectivity index (χ0v) is 15.4. The molecule has 4 rings (SSSR count). The van der Waals surface area contributed by atoms with E-state index in [4.69, 9.17) is 0 Å². The van der Waals surface area contributed by atoms with Crippen LogP contribution in [-0.2, 0) is 11.2 Å². The van der Waals surface area contributed by atoms with Gasteiger partial charge < -0.3 is 4.90 Å². The summed E-state index contributed by atoms with van der Waals surface area (Å²) >= 11 is 1.43. The molecule has 0 fully saturated rings. The van der Waals surface area contributed by atoms with E-state index in [9.17, 15) is 4.79 Å².